The maximum Gasteiger partial charge on any atom is 0.223 e. The van der Waals surface area contributed by atoms with Crippen LogP contribution < -0.4 is 10.1 Å². The standard InChI is InChI=1S/C17H27NO2/c1-5-15(6-2)12-18-17(19)9-10-20-16-11-13(3)7-8-14(16)4/h7-8,11,15H,5-6,9-10,12H2,1-4H3,(H,18,19). The zero-order valence-corrected chi connectivity index (χ0v) is 13.2. The van der Waals surface area contributed by atoms with Crippen LogP contribution in [0.1, 0.15) is 44.2 Å². The first-order valence-corrected chi connectivity index (χ1v) is 7.53. The van der Waals surface area contributed by atoms with Crippen molar-refractivity contribution in [1.29, 1.82) is 0 Å². The fourth-order valence-corrected chi connectivity index (χ4v) is 2.04. The van der Waals surface area contributed by atoms with E-state index >= 15 is 0 Å². The predicted molar refractivity (Wildman–Crippen MR) is 83.1 cm³/mol. The lowest BCUT2D eigenvalue weighted by Gasteiger charge is -2.14. The minimum atomic E-state index is 0.0715. The molecule has 1 amide bonds. The molecule has 1 rings (SSSR count). The summed E-state index contributed by atoms with van der Waals surface area (Å²) in [5, 5.41) is 2.98. The molecule has 20 heavy (non-hydrogen) atoms. The van der Waals surface area contributed by atoms with Crippen LogP contribution in [-0.2, 0) is 4.79 Å². The molecule has 1 aromatic carbocycles. The van der Waals surface area contributed by atoms with Gasteiger partial charge in [0.15, 0.2) is 0 Å². The van der Waals surface area contributed by atoms with Gasteiger partial charge in [0.05, 0.1) is 13.0 Å². The zero-order chi connectivity index (χ0) is 15.0. The molecule has 0 saturated heterocycles. The van der Waals surface area contributed by atoms with E-state index in [0.717, 1.165) is 30.7 Å². The van der Waals surface area contributed by atoms with Gasteiger partial charge in [0.25, 0.3) is 0 Å². The van der Waals surface area contributed by atoms with Gasteiger partial charge in [0.1, 0.15) is 5.75 Å². The summed E-state index contributed by atoms with van der Waals surface area (Å²) >= 11 is 0. The van der Waals surface area contributed by atoms with E-state index in [4.69, 9.17) is 4.74 Å². The second kappa shape index (κ2) is 8.62. The molecule has 0 aliphatic heterocycles. The molecule has 0 spiro atoms. The Morgan fingerprint density at radius 3 is 2.60 bits per heavy atom. The molecule has 112 valence electrons. The summed E-state index contributed by atoms with van der Waals surface area (Å²) in [6.45, 7) is 9.57. The zero-order valence-electron chi connectivity index (χ0n) is 13.2. The second-order valence-corrected chi connectivity index (χ2v) is 5.35. The Balaban J connectivity index is 2.30. The fraction of sp³-hybridized carbons (Fsp3) is 0.588. The lowest BCUT2D eigenvalue weighted by Crippen LogP contribution is -2.29. The Hall–Kier alpha value is -1.51. The van der Waals surface area contributed by atoms with Crippen molar-refractivity contribution in [2.24, 2.45) is 5.92 Å². The molecule has 1 aromatic rings. The molecular weight excluding hydrogens is 250 g/mol. The summed E-state index contributed by atoms with van der Waals surface area (Å²) in [6.07, 6.45) is 2.62. The van der Waals surface area contributed by atoms with Crippen LogP contribution in [0, 0.1) is 19.8 Å². The molecule has 1 N–H and O–H groups in total. The molecule has 0 aliphatic carbocycles. The Kier molecular flexibility index (Phi) is 7.13. The average molecular weight is 277 g/mol. The van der Waals surface area contributed by atoms with Crippen molar-refractivity contribution in [3.8, 4) is 5.75 Å². The van der Waals surface area contributed by atoms with Crippen LogP contribution in [0.15, 0.2) is 18.2 Å². The third-order valence-corrected chi connectivity index (χ3v) is 3.67. The Bertz CT molecular complexity index is 425. The largest absolute Gasteiger partial charge is 0.493 e. The van der Waals surface area contributed by atoms with E-state index in [9.17, 15) is 4.79 Å². The van der Waals surface area contributed by atoms with Gasteiger partial charge in [0.2, 0.25) is 5.91 Å². The maximum absolute atomic E-state index is 11.7. The van der Waals surface area contributed by atoms with Crippen molar-refractivity contribution in [3.63, 3.8) is 0 Å². The third-order valence-electron chi connectivity index (χ3n) is 3.67. The van der Waals surface area contributed by atoms with Crippen LogP contribution in [0.2, 0.25) is 0 Å². The number of nitrogens with one attached hydrogen (secondary N) is 1. The molecule has 0 bridgehead atoms. The molecule has 3 heteroatoms. The van der Waals surface area contributed by atoms with Gasteiger partial charge in [-0.2, -0.15) is 0 Å². The number of carbonyl (C=O) groups excluding carboxylic acids is 1. The normalized spacial score (nSPS) is 10.7. The molecule has 0 radical (unpaired) electrons. The lowest BCUT2D eigenvalue weighted by molar-refractivity contribution is -0.121. The van der Waals surface area contributed by atoms with E-state index in [2.05, 4.69) is 25.2 Å². The van der Waals surface area contributed by atoms with Crippen LogP contribution in [0.25, 0.3) is 0 Å². The smallest absolute Gasteiger partial charge is 0.223 e. The maximum atomic E-state index is 11.7. The van der Waals surface area contributed by atoms with Gasteiger partial charge in [-0.15, -0.1) is 0 Å². The van der Waals surface area contributed by atoms with Gasteiger partial charge in [-0.3, -0.25) is 4.79 Å². The predicted octanol–water partition coefficient (Wildman–Crippen LogP) is 3.62. The first-order valence-electron chi connectivity index (χ1n) is 7.53. The quantitative estimate of drug-likeness (QED) is 0.788. The number of carbonyl (C=O) groups is 1. The van der Waals surface area contributed by atoms with Crippen molar-refractivity contribution in [2.75, 3.05) is 13.2 Å². The summed E-state index contributed by atoms with van der Waals surface area (Å²) in [4.78, 5) is 11.7. The first-order chi connectivity index (χ1) is 9.56. The number of ether oxygens (including phenoxy) is 1. The summed E-state index contributed by atoms with van der Waals surface area (Å²) in [5.74, 6) is 1.53. The van der Waals surface area contributed by atoms with Crippen molar-refractivity contribution in [1.82, 2.24) is 5.32 Å². The van der Waals surface area contributed by atoms with E-state index in [1.165, 1.54) is 5.56 Å². The highest BCUT2D eigenvalue weighted by Gasteiger charge is 2.07. The van der Waals surface area contributed by atoms with E-state index < -0.39 is 0 Å². The highest BCUT2D eigenvalue weighted by Crippen LogP contribution is 2.19. The van der Waals surface area contributed by atoms with Gasteiger partial charge in [-0.05, 0) is 37.0 Å². The van der Waals surface area contributed by atoms with E-state index in [0.29, 0.717) is 18.9 Å². The minimum absolute atomic E-state index is 0.0715. The Morgan fingerprint density at radius 1 is 1.25 bits per heavy atom. The fourth-order valence-electron chi connectivity index (χ4n) is 2.04. The number of hydrogen-bond acceptors (Lipinski definition) is 2. The number of amides is 1. The highest BCUT2D eigenvalue weighted by molar-refractivity contribution is 5.75. The van der Waals surface area contributed by atoms with Gasteiger partial charge in [0, 0.05) is 6.54 Å². The van der Waals surface area contributed by atoms with Gasteiger partial charge in [-0.25, -0.2) is 0 Å². The molecule has 0 fully saturated rings. The van der Waals surface area contributed by atoms with Crippen molar-refractivity contribution in [3.05, 3.63) is 29.3 Å². The van der Waals surface area contributed by atoms with Gasteiger partial charge < -0.3 is 10.1 Å². The van der Waals surface area contributed by atoms with Gasteiger partial charge >= 0.3 is 0 Å². The number of aryl methyl sites for hydroxylation is 2. The van der Waals surface area contributed by atoms with Crippen LogP contribution in [-0.4, -0.2) is 19.1 Å². The summed E-state index contributed by atoms with van der Waals surface area (Å²) in [7, 11) is 0. The van der Waals surface area contributed by atoms with Crippen LogP contribution >= 0.6 is 0 Å². The van der Waals surface area contributed by atoms with Crippen LogP contribution in [0.5, 0.6) is 5.75 Å². The van der Waals surface area contributed by atoms with E-state index in [1.807, 2.05) is 26.0 Å². The lowest BCUT2D eigenvalue weighted by atomic mass is 10.0. The molecule has 0 atom stereocenters. The van der Waals surface area contributed by atoms with E-state index in [-0.39, 0.29) is 5.91 Å². The summed E-state index contributed by atoms with van der Waals surface area (Å²) < 4.78 is 5.69. The molecule has 3 nitrogen and oxygen atoms in total. The molecule has 0 saturated carbocycles. The molecule has 0 unspecified atom stereocenters. The summed E-state index contributed by atoms with van der Waals surface area (Å²) in [6, 6.07) is 6.11. The van der Waals surface area contributed by atoms with Crippen molar-refractivity contribution in [2.45, 2.75) is 47.0 Å². The van der Waals surface area contributed by atoms with Crippen molar-refractivity contribution >= 4 is 5.91 Å². The molecule has 0 heterocycles. The number of benzene rings is 1. The Morgan fingerprint density at radius 2 is 1.95 bits per heavy atom. The average Bonchev–Trinajstić information content (AvgIpc) is 2.44. The van der Waals surface area contributed by atoms with Crippen LogP contribution in [0.3, 0.4) is 0 Å². The second-order valence-electron chi connectivity index (χ2n) is 5.35. The number of hydrogen-bond donors (Lipinski definition) is 1. The first kappa shape index (κ1) is 16.5. The number of rotatable bonds is 8. The highest BCUT2D eigenvalue weighted by atomic mass is 16.5. The van der Waals surface area contributed by atoms with Crippen molar-refractivity contribution < 1.29 is 9.53 Å². The SMILES string of the molecule is CCC(CC)CNC(=O)CCOc1cc(C)ccc1C. The van der Waals surface area contributed by atoms with E-state index in [1.54, 1.807) is 0 Å². The molecule has 0 aliphatic rings. The molecule has 0 aromatic heterocycles. The molecular formula is C17H27NO2. The Labute approximate surface area is 122 Å². The minimum Gasteiger partial charge on any atom is -0.493 e. The summed E-state index contributed by atoms with van der Waals surface area (Å²) in [5.41, 5.74) is 2.27. The van der Waals surface area contributed by atoms with Gasteiger partial charge in [-0.1, -0.05) is 38.8 Å². The topological polar surface area (TPSA) is 38.3 Å². The van der Waals surface area contributed by atoms with Crippen LogP contribution in [0.4, 0.5) is 0 Å². The third kappa shape index (κ3) is 5.64. The monoisotopic (exact) mass is 277 g/mol.